The zero-order valence-corrected chi connectivity index (χ0v) is 12.0. The van der Waals surface area contributed by atoms with Crippen molar-refractivity contribution in [3.05, 3.63) is 36.5 Å². The van der Waals surface area contributed by atoms with E-state index in [9.17, 15) is 19.2 Å². The maximum absolute atomic E-state index is 11.5. The summed E-state index contributed by atoms with van der Waals surface area (Å²) in [7, 11) is 0. The second-order valence-electron chi connectivity index (χ2n) is 5.35. The van der Waals surface area contributed by atoms with Crippen molar-refractivity contribution in [3.8, 4) is 0 Å². The Morgan fingerprint density at radius 1 is 0.727 bits per heavy atom. The van der Waals surface area contributed by atoms with Gasteiger partial charge in [-0.3, -0.25) is 0 Å². The highest BCUT2D eigenvalue weighted by molar-refractivity contribution is 6.04. The predicted octanol–water partition coefficient (Wildman–Crippen LogP) is 1.61. The quantitative estimate of drug-likeness (QED) is 0.421. The molecule has 0 aromatic heterocycles. The zero-order chi connectivity index (χ0) is 16.3. The Hall–Kier alpha value is -2.50. The molecule has 0 aromatic carbocycles. The van der Waals surface area contributed by atoms with Crippen molar-refractivity contribution in [2.75, 3.05) is 0 Å². The van der Waals surface area contributed by atoms with Crippen LogP contribution >= 0.6 is 0 Å². The summed E-state index contributed by atoms with van der Waals surface area (Å²) < 4.78 is 8.98. The van der Waals surface area contributed by atoms with Crippen LogP contribution in [0.4, 0.5) is 0 Å². The largest absolute Gasteiger partial charge is 0.386 e. The van der Waals surface area contributed by atoms with Crippen LogP contribution in [-0.2, 0) is 28.7 Å². The van der Waals surface area contributed by atoms with Crippen LogP contribution in [0.3, 0.4) is 0 Å². The summed E-state index contributed by atoms with van der Waals surface area (Å²) in [5, 5.41) is 0. The SMILES string of the molecule is C=C(C(=O)OC(=O)C=CC(=O)OC(=O)C(=C)C1CC1)C1CC1. The Morgan fingerprint density at radius 3 is 1.32 bits per heavy atom. The monoisotopic (exact) mass is 304 g/mol. The van der Waals surface area contributed by atoms with Gasteiger partial charge in [-0.15, -0.1) is 0 Å². The number of rotatable bonds is 6. The van der Waals surface area contributed by atoms with Gasteiger partial charge in [-0.05, 0) is 37.5 Å². The van der Waals surface area contributed by atoms with E-state index in [-0.39, 0.29) is 23.0 Å². The van der Waals surface area contributed by atoms with E-state index < -0.39 is 23.9 Å². The molecule has 0 unspecified atom stereocenters. The average Bonchev–Trinajstić information content (AvgIpc) is 3.35. The normalized spacial score (nSPS) is 16.9. The number of hydrogen-bond donors (Lipinski definition) is 0. The van der Waals surface area contributed by atoms with E-state index in [0.717, 1.165) is 37.8 Å². The van der Waals surface area contributed by atoms with E-state index >= 15 is 0 Å². The van der Waals surface area contributed by atoms with Crippen LogP contribution in [0.5, 0.6) is 0 Å². The van der Waals surface area contributed by atoms with Gasteiger partial charge in [0, 0.05) is 23.3 Å². The zero-order valence-electron chi connectivity index (χ0n) is 12.0. The molecular formula is C16H16O6. The molecule has 0 aliphatic heterocycles. The second kappa shape index (κ2) is 6.51. The fourth-order valence-corrected chi connectivity index (χ4v) is 1.71. The molecule has 2 rings (SSSR count). The van der Waals surface area contributed by atoms with Crippen LogP contribution in [-0.4, -0.2) is 23.9 Å². The molecule has 0 bridgehead atoms. The van der Waals surface area contributed by atoms with Gasteiger partial charge in [-0.25, -0.2) is 19.2 Å². The summed E-state index contributed by atoms with van der Waals surface area (Å²) in [6.45, 7) is 7.10. The van der Waals surface area contributed by atoms with E-state index in [4.69, 9.17) is 0 Å². The molecule has 2 aliphatic carbocycles. The minimum Gasteiger partial charge on any atom is -0.386 e. The van der Waals surface area contributed by atoms with Crippen molar-refractivity contribution in [2.45, 2.75) is 25.7 Å². The molecule has 0 heterocycles. The smallest absolute Gasteiger partial charge is 0.341 e. The molecule has 0 spiro atoms. The van der Waals surface area contributed by atoms with E-state index in [1.54, 1.807) is 0 Å². The van der Waals surface area contributed by atoms with Gasteiger partial charge in [0.05, 0.1) is 0 Å². The maximum Gasteiger partial charge on any atom is 0.341 e. The topological polar surface area (TPSA) is 86.7 Å². The molecule has 6 nitrogen and oxygen atoms in total. The summed E-state index contributed by atoms with van der Waals surface area (Å²) in [4.78, 5) is 45.7. The van der Waals surface area contributed by atoms with E-state index in [2.05, 4.69) is 22.6 Å². The van der Waals surface area contributed by atoms with Crippen LogP contribution in [0.1, 0.15) is 25.7 Å². The summed E-state index contributed by atoms with van der Waals surface area (Å²) in [6, 6.07) is 0. The van der Waals surface area contributed by atoms with Crippen LogP contribution in [0.2, 0.25) is 0 Å². The Morgan fingerprint density at radius 2 is 1.05 bits per heavy atom. The highest BCUT2D eigenvalue weighted by Crippen LogP contribution is 2.36. The van der Waals surface area contributed by atoms with E-state index in [0.29, 0.717) is 0 Å². The van der Waals surface area contributed by atoms with Crippen LogP contribution in [0.25, 0.3) is 0 Å². The number of hydrogen-bond acceptors (Lipinski definition) is 6. The summed E-state index contributed by atoms with van der Waals surface area (Å²) in [5.74, 6) is -3.47. The number of ether oxygens (including phenoxy) is 2. The first-order chi connectivity index (χ1) is 10.4. The molecule has 22 heavy (non-hydrogen) atoms. The highest BCUT2D eigenvalue weighted by Gasteiger charge is 2.31. The number of carbonyl (C=O) groups is 4. The molecule has 0 N–H and O–H groups in total. The summed E-state index contributed by atoms with van der Waals surface area (Å²) in [6.07, 6.45) is 4.89. The third-order valence-electron chi connectivity index (χ3n) is 3.41. The third-order valence-corrected chi connectivity index (χ3v) is 3.41. The summed E-state index contributed by atoms with van der Waals surface area (Å²) in [5.41, 5.74) is 0.500. The Bertz CT molecular complexity index is 538. The molecular weight excluding hydrogens is 288 g/mol. The van der Waals surface area contributed by atoms with Gasteiger partial charge < -0.3 is 9.47 Å². The number of carbonyl (C=O) groups excluding carboxylic acids is 4. The molecule has 0 atom stereocenters. The summed E-state index contributed by atoms with van der Waals surface area (Å²) >= 11 is 0. The minimum atomic E-state index is -1.02. The molecule has 6 heteroatoms. The average molecular weight is 304 g/mol. The van der Waals surface area contributed by atoms with Gasteiger partial charge in [0.25, 0.3) is 0 Å². The Balaban J connectivity index is 1.74. The predicted molar refractivity (Wildman–Crippen MR) is 75.1 cm³/mol. The van der Waals surface area contributed by atoms with Gasteiger partial charge in [0.15, 0.2) is 0 Å². The fraction of sp³-hybridized carbons (Fsp3) is 0.375. The van der Waals surface area contributed by atoms with Crippen molar-refractivity contribution >= 4 is 23.9 Å². The van der Waals surface area contributed by atoms with Gasteiger partial charge in [0.1, 0.15) is 0 Å². The van der Waals surface area contributed by atoms with Gasteiger partial charge in [-0.2, -0.15) is 0 Å². The lowest BCUT2D eigenvalue weighted by atomic mass is 10.2. The molecule has 2 fully saturated rings. The molecule has 0 amide bonds. The highest BCUT2D eigenvalue weighted by atomic mass is 16.6. The van der Waals surface area contributed by atoms with Crippen molar-refractivity contribution in [3.63, 3.8) is 0 Å². The minimum absolute atomic E-state index is 0.0836. The standard InChI is InChI=1S/C16H16O6/c1-9(11-3-4-11)15(19)21-13(17)7-8-14(18)22-16(20)10(2)12-5-6-12/h7-8,11-12H,1-6H2. The van der Waals surface area contributed by atoms with Gasteiger partial charge in [0.2, 0.25) is 0 Å². The maximum atomic E-state index is 11.5. The van der Waals surface area contributed by atoms with Crippen LogP contribution in [0.15, 0.2) is 36.5 Å². The lowest BCUT2D eigenvalue weighted by molar-refractivity contribution is -0.156. The van der Waals surface area contributed by atoms with Crippen LogP contribution < -0.4 is 0 Å². The Labute approximate surface area is 127 Å². The first-order valence-electron chi connectivity index (χ1n) is 6.96. The van der Waals surface area contributed by atoms with Gasteiger partial charge in [-0.1, -0.05) is 13.2 Å². The molecule has 2 aliphatic rings. The first-order valence-corrected chi connectivity index (χ1v) is 6.96. The lowest BCUT2D eigenvalue weighted by Gasteiger charge is -2.02. The van der Waals surface area contributed by atoms with Crippen LogP contribution in [0, 0.1) is 11.8 Å². The fourth-order valence-electron chi connectivity index (χ4n) is 1.71. The Kier molecular flexibility index (Phi) is 4.70. The number of esters is 4. The second-order valence-corrected chi connectivity index (χ2v) is 5.35. The molecule has 116 valence electrons. The van der Waals surface area contributed by atoms with Gasteiger partial charge >= 0.3 is 23.9 Å². The first kappa shape index (κ1) is 15.9. The third kappa shape index (κ3) is 4.51. The van der Waals surface area contributed by atoms with Crippen molar-refractivity contribution in [1.82, 2.24) is 0 Å². The van der Waals surface area contributed by atoms with Crippen molar-refractivity contribution in [1.29, 1.82) is 0 Å². The molecule has 2 saturated carbocycles. The van der Waals surface area contributed by atoms with Crippen molar-refractivity contribution in [2.24, 2.45) is 11.8 Å². The molecule has 0 saturated heterocycles. The molecule has 0 aromatic rings. The van der Waals surface area contributed by atoms with Crippen molar-refractivity contribution < 1.29 is 28.7 Å². The van der Waals surface area contributed by atoms with E-state index in [1.165, 1.54) is 0 Å². The van der Waals surface area contributed by atoms with E-state index in [1.807, 2.05) is 0 Å². The molecule has 0 radical (unpaired) electrons. The lowest BCUT2D eigenvalue weighted by Crippen LogP contribution is -2.15.